The second kappa shape index (κ2) is 7.51. The molecule has 0 fully saturated rings. The lowest BCUT2D eigenvalue weighted by Gasteiger charge is -1.99. The summed E-state index contributed by atoms with van der Waals surface area (Å²) in [5.74, 6) is -0.550. The SMILES string of the molecule is O=C1OC(/C=C\c2cccc([N+](=O)[O-])c2)=NC/1=C/c1cccc(Cl)c1Cl. The number of nitro benzene ring substituents is 1. The number of hydrogen-bond donors (Lipinski definition) is 0. The second-order valence-electron chi connectivity index (χ2n) is 5.20. The predicted octanol–water partition coefficient (Wildman–Crippen LogP) is 4.91. The summed E-state index contributed by atoms with van der Waals surface area (Å²) in [6.45, 7) is 0. The van der Waals surface area contributed by atoms with Crippen molar-refractivity contribution in [2.45, 2.75) is 0 Å². The number of rotatable bonds is 4. The van der Waals surface area contributed by atoms with Gasteiger partial charge in [-0.1, -0.05) is 47.5 Å². The monoisotopic (exact) mass is 388 g/mol. The van der Waals surface area contributed by atoms with E-state index in [4.69, 9.17) is 27.9 Å². The maximum absolute atomic E-state index is 11.9. The first kappa shape index (κ1) is 17.8. The molecule has 130 valence electrons. The zero-order valence-corrected chi connectivity index (χ0v) is 14.6. The number of carbonyl (C=O) groups is 1. The zero-order chi connectivity index (χ0) is 18.7. The third kappa shape index (κ3) is 3.99. The normalized spacial score (nSPS) is 15.4. The number of ether oxygens (including phenoxy) is 1. The Morgan fingerprint density at radius 2 is 1.88 bits per heavy atom. The van der Waals surface area contributed by atoms with Gasteiger partial charge in [-0.2, -0.15) is 0 Å². The van der Waals surface area contributed by atoms with E-state index < -0.39 is 10.9 Å². The highest BCUT2D eigenvalue weighted by Gasteiger charge is 2.21. The van der Waals surface area contributed by atoms with Crippen molar-refractivity contribution in [1.29, 1.82) is 0 Å². The van der Waals surface area contributed by atoms with Gasteiger partial charge >= 0.3 is 5.97 Å². The summed E-state index contributed by atoms with van der Waals surface area (Å²) in [7, 11) is 0. The van der Waals surface area contributed by atoms with E-state index in [1.165, 1.54) is 24.3 Å². The van der Waals surface area contributed by atoms with E-state index in [1.54, 1.807) is 36.4 Å². The Balaban J connectivity index is 1.84. The van der Waals surface area contributed by atoms with E-state index in [1.807, 2.05) is 0 Å². The van der Waals surface area contributed by atoms with Gasteiger partial charge in [0.15, 0.2) is 5.70 Å². The van der Waals surface area contributed by atoms with Gasteiger partial charge in [-0.25, -0.2) is 9.79 Å². The molecule has 0 atom stereocenters. The van der Waals surface area contributed by atoms with Crippen molar-refractivity contribution >= 4 is 52.9 Å². The molecule has 0 saturated heterocycles. The van der Waals surface area contributed by atoms with Gasteiger partial charge in [0.25, 0.3) is 5.69 Å². The number of halogens is 2. The van der Waals surface area contributed by atoms with Gasteiger partial charge in [0, 0.05) is 18.2 Å². The van der Waals surface area contributed by atoms with Crippen molar-refractivity contribution in [2.75, 3.05) is 0 Å². The van der Waals surface area contributed by atoms with Crippen molar-refractivity contribution in [3.05, 3.63) is 85.5 Å². The molecule has 3 rings (SSSR count). The zero-order valence-electron chi connectivity index (χ0n) is 13.1. The molecule has 1 aliphatic heterocycles. The number of esters is 1. The van der Waals surface area contributed by atoms with Gasteiger partial charge < -0.3 is 4.74 Å². The largest absolute Gasteiger partial charge is 0.403 e. The van der Waals surface area contributed by atoms with Crippen LogP contribution in [0.3, 0.4) is 0 Å². The van der Waals surface area contributed by atoms with Crippen LogP contribution in [0.5, 0.6) is 0 Å². The molecular formula is C18H10Cl2N2O4. The predicted molar refractivity (Wildman–Crippen MR) is 100 cm³/mol. The Labute approximate surface area is 158 Å². The quantitative estimate of drug-likeness (QED) is 0.322. The van der Waals surface area contributed by atoms with Crippen LogP contribution in [0.15, 0.2) is 59.2 Å². The molecule has 8 heteroatoms. The van der Waals surface area contributed by atoms with Crippen molar-refractivity contribution in [2.24, 2.45) is 4.99 Å². The summed E-state index contributed by atoms with van der Waals surface area (Å²) in [5.41, 5.74) is 1.16. The minimum atomic E-state index is -0.625. The summed E-state index contributed by atoms with van der Waals surface area (Å²) in [6, 6.07) is 11.1. The molecule has 1 heterocycles. The van der Waals surface area contributed by atoms with Gasteiger partial charge in [-0.05, 0) is 29.3 Å². The van der Waals surface area contributed by atoms with Crippen LogP contribution in [0.25, 0.3) is 12.2 Å². The molecule has 0 aliphatic carbocycles. The van der Waals surface area contributed by atoms with Gasteiger partial charge in [-0.15, -0.1) is 0 Å². The van der Waals surface area contributed by atoms with Crippen molar-refractivity contribution in [3.8, 4) is 0 Å². The second-order valence-corrected chi connectivity index (χ2v) is 5.98. The van der Waals surface area contributed by atoms with E-state index in [-0.39, 0.29) is 17.3 Å². The Morgan fingerprint density at radius 3 is 2.65 bits per heavy atom. The van der Waals surface area contributed by atoms with Crippen LogP contribution in [0.1, 0.15) is 11.1 Å². The molecule has 26 heavy (non-hydrogen) atoms. The smallest absolute Gasteiger partial charge is 0.363 e. The number of carbonyl (C=O) groups excluding carboxylic acids is 1. The highest BCUT2D eigenvalue weighted by molar-refractivity contribution is 6.43. The van der Waals surface area contributed by atoms with Crippen molar-refractivity contribution in [1.82, 2.24) is 0 Å². The molecule has 0 amide bonds. The number of hydrogen-bond acceptors (Lipinski definition) is 5. The Morgan fingerprint density at radius 1 is 1.12 bits per heavy atom. The van der Waals surface area contributed by atoms with Gasteiger partial charge in [0.1, 0.15) is 0 Å². The third-order valence-electron chi connectivity index (χ3n) is 3.41. The fourth-order valence-corrected chi connectivity index (χ4v) is 2.55. The summed E-state index contributed by atoms with van der Waals surface area (Å²) < 4.78 is 5.06. The highest BCUT2D eigenvalue weighted by Crippen LogP contribution is 2.28. The lowest BCUT2D eigenvalue weighted by molar-refractivity contribution is -0.384. The number of benzene rings is 2. The average molecular weight is 389 g/mol. The lowest BCUT2D eigenvalue weighted by Crippen LogP contribution is -2.01. The maximum atomic E-state index is 11.9. The number of nitrogens with zero attached hydrogens (tertiary/aromatic N) is 2. The van der Waals surface area contributed by atoms with Crippen molar-refractivity contribution < 1.29 is 14.5 Å². The molecule has 2 aromatic rings. The molecule has 1 aliphatic rings. The topological polar surface area (TPSA) is 81.8 Å². The van der Waals surface area contributed by atoms with E-state index >= 15 is 0 Å². The molecule has 0 bridgehead atoms. The van der Waals surface area contributed by atoms with E-state index in [0.717, 1.165) is 0 Å². The van der Waals surface area contributed by atoms with Crippen molar-refractivity contribution in [3.63, 3.8) is 0 Å². The van der Waals surface area contributed by atoms with Crippen LogP contribution < -0.4 is 0 Å². The van der Waals surface area contributed by atoms with Crippen LogP contribution in [0.4, 0.5) is 5.69 Å². The molecule has 0 aromatic heterocycles. The Bertz CT molecular complexity index is 996. The first-order valence-electron chi connectivity index (χ1n) is 7.33. The average Bonchev–Trinajstić information content (AvgIpc) is 2.97. The number of aliphatic imine (C=N–C) groups is 1. The molecular weight excluding hydrogens is 379 g/mol. The first-order valence-corrected chi connectivity index (χ1v) is 8.09. The Kier molecular flexibility index (Phi) is 5.16. The molecule has 6 nitrogen and oxygen atoms in total. The molecule has 0 spiro atoms. The van der Waals surface area contributed by atoms with Gasteiger partial charge in [-0.3, -0.25) is 10.1 Å². The first-order chi connectivity index (χ1) is 12.4. The number of non-ortho nitro benzene ring substituents is 1. The van der Waals surface area contributed by atoms with Crippen LogP contribution >= 0.6 is 23.2 Å². The minimum Gasteiger partial charge on any atom is -0.403 e. The molecule has 0 radical (unpaired) electrons. The standard InChI is InChI=1S/C18H10Cl2N2O4/c19-14-6-2-4-12(17(14)20)10-15-18(23)26-16(21-15)8-7-11-3-1-5-13(9-11)22(24)25/h1-10H/b8-7-,15-10+. The fourth-order valence-electron chi connectivity index (χ4n) is 2.19. The molecule has 0 saturated carbocycles. The molecule has 2 aromatic carbocycles. The summed E-state index contributed by atoms with van der Waals surface area (Å²) in [6.07, 6.45) is 4.50. The van der Waals surface area contributed by atoms with Crippen LogP contribution in [0, 0.1) is 10.1 Å². The maximum Gasteiger partial charge on any atom is 0.363 e. The van der Waals surface area contributed by atoms with Crippen LogP contribution in [0.2, 0.25) is 10.0 Å². The highest BCUT2D eigenvalue weighted by atomic mass is 35.5. The van der Waals surface area contributed by atoms with Gasteiger partial charge in [0.2, 0.25) is 5.90 Å². The summed E-state index contributed by atoms with van der Waals surface area (Å²) in [5, 5.41) is 11.5. The van der Waals surface area contributed by atoms with E-state index in [0.29, 0.717) is 21.2 Å². The molecule has 0 unspecified atom stereocenters. The minimum absolute atomic E-state index is 0.0336. The van der Waals surface area contributed by atoms with Crippen LogP contribution in [-0.2, 0) is 9.53 Å². The number of cyclic esters (lactones) is 1. The Hall–Kier alpha value is -2.96. The third-order valence-corrected chi connectivity index (χ3v) is 4.24. The van der Waals surface area contributed by atoms with E-state index in [2.05, 4.69) is 4.99 Å². The van der Waals surface area contributed by atoms with E-state index in [9.17, 15) is 14.9 Å². The van der Waals surface area contributed by atoms with Crippen LogP contribution in [-0.4, -0.2) is 16.8 Å². The summed E-state index contributed by atoms with van der Waals surface area (Å²) >= 11 is 12.0. The lowest BCUT2D eigenvalue weighted by atomic mass is 10.2. The fraction of sp³-hybridized carbons (Fsp3) is 0. The van der Waals surface area contributed by atoms with Gasteiger partial charge in [0.05, 0.1) is 15.0 Å². The molecule has 0 N–H and O–H groups in total. The number of nitro groups is 1. The summed E-state index contributed by atoms with van der Waals surface area (Å²) in [4.78, 5) is 26.3.